The maximum Gasteiger partial charge on any atom is 0.234 e. The van der Waals surface area contributed by atoms with E-state index >= 15 is 0 Å². The zero-order valence-electron chi connectivity index (χ0n) is 9.62. The monoisotopic (exact) mass is 213 g/mol. The summed E-state index contributed by atoms with van der Waals surface area (Å²) in [6.07, 6.45) is 0.432. The van der Waals surface area contributed by atoms with Gasteiger partial charge in [0.25, 0.3) is 0 Å². The van der Waals surface area contributed by atoms with Crippen LogP contribution in [0.25, 0.3) is 0 Å². The SMILES string of the molecule is COCCNC(=O)CN(C)C(C)CC#N. The van der Waals surface area contributed by atoms with E-state index in [2.05, 4.69) is 11.4 Å². The molecule has 0 aromatic heterocycles. The van der Waals surface area contributed by atoms with Crippen LogP contribution in [-0.2, 0) is 9.53 Å². The van der Waals surface area contributed by atoms with Crippen molar-refractivity contribution >= 4 is 5.91 Å². The zero-order chi connectivity index (χ0) is 11.7. The van der Waals surface area contributed by atoms with E-state index in [1.807, 2.05) is 18.9 Å². The Kier molecular flexibility index (Phi) is 7.60. The number of nitrogens with one attached hydrogen (secondary N) is 1. The first-order valence-corrected chi connectivity index (χ1v) is 4.94. The largest absolute Gasteiger partial charge is 0.383 e. The highest BCUT2D eigenvalue weighted by atomic mass is 16.5. The number of amides is 1. The molecule has 1 unspecified atom stereocenters. The van der Waals surface area contributed by atoms with Gasteiger partial charge in [0.05, 0.1) is 25.6 Å². The van der Waals surface area contributed by atoms with Gasteiger partial charge in [-0.3, -0.25) is 9.69 Å². The van der Waals surface area contributed by atoms with Crippen LogP contribution in [-0.4, -0.2) is 50.7 Å². The van der Waals surface area contributed by atoms with Crippen molar-refractivity contribution in [1.82, 2.24) is 10.2 Å². The zero-order valence-corrected chi connectivity index (χ0v) is 9.62. The van der Waals surface area contributed by atoms with Crippen molar-refractivity contribution in [3.05, 3.63) is 0 Å². The first kappa shape index (κ1) is 13.9. The Morgan fingerprint density at radius 1 is 1.67 bits per heavy atom. The van der Waals surface area contributed by atoms with Crippen LogP contribution in [0.4, 0.5) is 0 Å². The minimum Gasteiger partial charge on any atom is -0.383 e. The van der Waals surface area contributed by atoms with E-state index < -0.39 is 0 Å². The third-order valence-electron chi connectivity index (χ3n) is 2.16. The highest BCUT2D eigenvalue weighted by Crippen LogP contribution is 1.98. The molecule has 86 valence electrons. The van der Waals surface area contributed by atoms with E-state index in [1.165, 1.54) is 0 Å². The van der Waals surface area contributed by atoms with Crippen LogP contribution in [0, 0.1) is 11.3 Å². The number of carbonyl (C=O) groups excluding carboxylic acids is 1. The highest BCUT2D eigenvalue weighted by molar-refractivity contribution is 5.77. The van der Waals surface area contributed by atoms with Gasteiger partial charge in [0, 0.05) is 19.7 Å². The molecule has 0 aliphatic carbocycles. The molecule has 1 amide bonds. The molecular weight excluding hydrogens is 194 g/mol. The van der Waals surface area contributed by atoms with Crippen LogP contribution < -0.4 is 5.32 Å². The predicted octanol–water partition coefficient (Wildman–Crippen LogP) is -0.0170. The Morgan fingerprint density at radius 2 is 2.33 bits per heavy atom. The molecule has 1 N–H and O–H groups in total. The van der Waals surface area contributed by atoms with Crippen molar-refractivity contribution < 1.29 is 9.53 Å². The summed E-state index contributed by atoms with van der Waals surface area (Å²) in [5.41, 5.74) is 0. The predicted molar refractivity (Wildman–Crippen MR) is 57.2 cm³/mol. The molecule has 0 aromatic rings. The summed E-state index contributed by atoms with van der Waals surface area (Å²) in [5.74, 6) is -0.0423. The number of likely N-dealkylation sites (N-methyl/N-ethyl adjacent to an activating group) is 1. The molecule has 0 aliphatic rings. The summed E-state index contributed by atoms with van der Waals surface area (Å²) in [5, 5.41) is 11.2. The van der Waals surface area contributed by atoms with E-state index in [4.69, 9.17) is 10.00 Å². The van der Waals surface area contributed by atoms with Crippen LogP contribution in [0.1, 0.15) is 13.3 Å². The fraction of sp³-hybridized carbons (Fsp3) is 0.800. The van der Waals surface area contributed by atoms with Crippen LogP contribution in [0.2, 0.25) is 0 Å². The number of hydrogen-bond donors (Lipinski definition) is 1. The van der Waals surface area contributed by atoms with Gasteiger partial charge in [0.15, 0.2) is 0 Å². The molecule has 1 atom stereocenters. The Labute approximate surface area is 91.0 Å². The fourth-order valence-corrected chi connectivity index (χ4v) is 1.02. The van der Waals surface area contributed by atoms with Gasteiger partial charge in [-0.05, 0) is 14.0 Å². The summed E-state index contributed by atoms with van der Waals surface area (Å²) < 4.78 is 4.81. The van der Waals surface area contributed by atoms with E-state index in [1.54, 1.807) is 7.11 Å². The summed E-state index contributed by atoms with van der Waals surface area (Å²) in [6, 6.07) is 2.18. The van der Waals surface area contributed by atoms with E-state index in [0.29, 0.717) is 26.1 Å². The van der Waals surface area contributed by atoms with Crippen molar-refractivity contribution in [3.63, 3.8) is 0 Å². The minimum atomic E-state index is -0.0423. The lowest BCUT2D eigenvalue weighted by Gasteiger charge is -2.21. The molecule has 0 aromatic carbocycles. The number of hydrogen-bond acceptors (Lipinski definition) is 4. The van der Waals surface area contributed by atoms with Gasteiger partial charge in [0.2, 0.25) is 5.91 Å². The topological polar surface area (TPSA) is 65.4 Å². The molecule has 0 spiro atoms. The van der Waals surface area contributed by atoms with Crippen LogP contribution >= 0.6 is 0 Å². The van der Waals surface area contributed by atoms with Crippen molar-refractivity contribution in [2.24, 2.45) is 0 Å². The number of nitrogens with zero attached hydrogens (tertiary/aromatic N) is 2. The lowest BCUT2D eigenvalue weighted by atomic mass is 10.2. The normalized spacial score (nSPS) is 12.2. The van der Waals surface area contributed by atoms with Gasteiger partial charge in [0.1, 0.15) is 0 Å². The molecule has 5 nitrogen and oxygen atoms in total. The Morgan fingerprint density at radius 3 is 2.87 bits per heavy atom. The number of ether oxygens (including phenoxy) is 1. The van der Waals surface area contributed by atoms with Gasteiger partial charge in [-0.2, -0.15) is 5.26 Å². The number of methoxy groups -OCH3 is 1. The number of nitriles is 1. The summed E-state index contributed by atoms with van der Waals surface area (Å²) in [4.78, 5) is 13.2. The number of rotatable bonds is 7. The van der Waals surface area contributed by atoms with Crippen LogP contribution in [0.15, 0.2) is 0 Å². The van der Waals surface area contributed by atoms with Crippen molar-refractivity contribution in [2.45, 2.75) is 19.4 Å². The molecular formula is C10H19N3O2. The summed E-state index contributed by atoms with van der Waals surface area (Å²) in [6.45, 7) is 3.28. The maximum absolute atomic E-state index is 11.3. The van der Waals surface area contributed by atoms with E-state index in [0.717, 1.165) is 0 Å². The fourth-order valence-electron chi connectivity index (χ4n) is 1.02. The molecule has 0 rings (SSSR count). The van der Waals surface area contributed by atoms with Crippen LogP contribution in [0.5, 0.6) is 0 Å². The van der Waals surface area contributed by atoms with Gasteiger partial charge < -0.3 is 10.1 Å². The van der Waals surface area contributed by atoms with Crippen molar-refractivity contribution in [3.8, 4) is 6.07 Å². The first-order valence-electron chi connectivity index (χ1n) is 4.94. The second-order valence-corrected chi connectivity index (χ2v) is 3.47. The molecule has 0 fully saturated rings. The van der Waals surface area contributed by atoms with Gasteiger partial charge in [-0.15, -0.1) is 0 Å². The standard InChI is InChI=1S/C10H19N3O2/c1-9(4-5-11)13(2)8-10(14)12-6-7-15-3/h9H,4,6-8H2,1-3H3,(H,12,14). The second-order valence-electron chi connectivity index (χ2n) is 3.47. The average Bonchev–Trinajstić information content (AvgIpc) is 2.18. The highest BCUT2D eigenvalue weighted by Gasteiger charge is 2.11. The molecule has 0 saturated heterocycles. The maximum atomic E-state index is 11.3. The summed E-state index contributed by atoms with van der Waals surface area (Å²) in [7, 11) is 3.42. The minimum absolute atomic E-state index is 0.0423. The second kappa shape index (κ2) is 8.21. The van der Waals surface area contributed by atoms with Crippen LogP contribution in [0.3, 0.4) is 0 Å². The van der Waals surface area contributed by atoms with Crippen molar-refractivity contribution in [1.29, 1.82) is 5.26 Å². The lowest BCUT2D eigenvalue weighted by Crippen LogP contribution is -2.40. The average molecular weight is 213 g/mol. The molecule has 0 radical (unpaired) electrons. The first-order chi connectivity index (χ1) is 7.11. The lowest BCUT2D eigenvalue weighted by molar-refractivity contribution is -0.122. The summed E-state index contributed by atoms with van der Waals surface area (Å²) >= 11 is 0. The molecule has 5 heteroatoms. The Hall–Kier alpha value is -1.12. The van der Waals surface area contributed by atoms with Gasteiger partial charge in [-0.25, -0.2) is 0 Å². The molecule has 0 saturated carbocycles. The van der Waals surface area contributed by atoms with Gasteiger partial charge in [-0.1, -0.05) is 0 Å². The number of carbonyl (C=O) groups is 1. The Balaban J connectivity index is 3.71. The smallest absolute Gasteiger partial charge is 0.234 e. The van der Waals surface area contributed by atoms with Gasteiger partial charge >= 0.3 is 0 Å². The molecule has 0 bridgehead atoms. The van der Waals surface area contributed by atoms with E-state index in [-0.39, 0.29) is 11.9 Å². The third kappa shape index (κ3) is 6.89. The van der Waals surface area contributed by atoms with E-state index in [9.17, 15) is 4.79 Å². The third-order valence-corrected chi connectivity index (χ3v) is 2.16. The van der Waals surface area contributed by atoms with Crippen molar-refractivity contribution in [2.75, 3.05) is 33.9 Å². The molecule has 0 aliphatic heterocycles. The molecule has 0 heterocycles. The Bertz CT molecular complexity index is 225. The quantitative estimate of drug-likeness (QED) is 0.604. The molecule has 15 heavy (non-hydrogen) atoms.